The maximum atomic E-state index is 12.4. The van der Waals surface area contributed by atoms with Crippen LogP contribution in [-0.2, 0) is 9.84 Å². The highest BCUT2D eigenvalue weighted by atomic mass is 32.2. The summed E-state index contributed by atoms with van der Waals surface area (Å²) in [6.45, 7) is 0. The fourth-order valence-electron chi connectivity index (χ4n) is 1.50. The SMILES string of the molecule is Nc1ccccc1Oc1ccc(S(=O)(=O)C(F)F)cc1. The van der Waals surface area contributed by atoms with Crippen molar-refractivity contribution >= 4 is 15.5 Å². The number of nitrogens with two attached hydrogens (primary N) is 1. The van der Waals surface area contributed by atoms with E-state index in [1.165, 1.54) is 12.1 Å². The van der Waals surface area contributed by atoms with Gasteiger partial charge in [-0.1, -0.05) is 12.1 Å². The predicted octanol–water partition coefficient (Wildman–Crippen LogP) is 3.06. The number of rotatable bonds is 4. The van der Waals surface area contributed by atoms with Crippen LogP contribution in [0, 0.1) is 0 Å². The van der Waals surface area contributed by atoms with E-state index in [0.29, 0.717) is 17.2 Å². The molecule has 0 atom stereocenters. The van der Waals surface area contributed by atoms with E-state index in [0.717, 1.165) is 12.1 Å². The van der Waals surface area contributed by atoms with Crippen LogP contribution in [0.25, 0.3) is 0 Å². The van der Waals surface area contributed by atoms with Crippen molar-refractivity contribution in [2.45, 2.75) is 10.7 Å². The topological polar surface area (TPSA) is 69.4 Å². The van der Waals surface area contributed by atoms with E-state index in [2.05, 4.69) is 0 Å². The van der Waals surface area contributed by atoms with Gasteiger partial charge in [-0.15, -0.1) is 0 Å². The third-order valence-corrected chi connectivity index (χ3v) is 3.93. The fourth-order valence-corrected chi connectivity index (χ4v) is 2.22. The molecule has 0 spiro atoms. The van der Waals surface area contributed by atoms with Crippen LogP contribution < -0.4 is 10.5 Å². The molecule has 2 rings (SSSR count). The minimum Gasteiger partial charge on any atom is -0.455 e. The summed E-state index contributed by atoms with van der Waals surface area (Å²) in [4.78, 5) is -0.458. The summed E-state index contributed by atoms with van der Waals surface area (Å²) in [5.41, 5.74) is 6.10. The molecule has 0 radical (unpaired) electrons. The molecule has 2 aromatic rings. The molecule has 0 aromatic heterocycles. The van der Waals surface area contributed by atoms with Gasteiger partial charge in [0.05, 0.1) is 10.6 Å². The summed E-state index contributed by atoms with van der Waals surface area (Å²) >= 11 is 0. The third-order valence-electron chi connectivity index (χ3n) is 2.53. The van der Waals surface area contributed by atoms with Gasteiger partial charge in [-0.2, -0.15) is 8.78 Å². The Balaban J connectivity index is 2.24. The molecule has 2 N–H and O–H groups in total. The highest BCUT2D eigenvalue weighted by Gasteiger charge is 2.26. The van der Waals surface area contributed by atoms with Gasteiger partial charge in [-0.3, -0.25) is 0 Å². The average Bonchev–Trinajstić information content (AvgIpc) is 2.42. The number of alkyl halides is 2. The van der Waals surface area contributed by atoms with E-state index >= 15 is 0 Å². The molecular weight excluding hydrogens is 288 g/mol. The largest absolute Gasteiger partial charge is 0.455 e. The minimum atomic E-state index is -4.59. The van der Waals surface area contributed by atoms with E-state index < -0.39 is 20.5 Å². The van der Waals surface area contributed by atoms with Crippen molar-refractivity contribution in [2.75, 3.05) is 5.73 Å². The number of anilines is 1. The number of benzene rings is 2. The lowest BCUT2D eigenvalue weighted by molar-refractivity contribution is 0.234. The van der Waals surface area contributed by atoms with Crippen molar-refractivity contribution in [1.82, 2.24) is 0 Å². The highest BCUT2D eigenvalue weighted by Crippen LogP contribution is 2.28. The van der Waals surface area contributed by atoms with Crippen LogP contribution >= 0.6 is 0 Å². The number of halogens is 2. The Morgan fingerprint density at radius 3 is 2.15 bits per heavy atom. The second-order valence-corrected chi connectivity index (χ2v) is 5.83. The quantitative estimate of drug-likeness (QED) is 0.881. The van der Waals surface area contributed by atoms with Gasteiger partial charge in [0.2, 0.25) is 9.84 Å². The molecule has 0 aliphatic heterocycles. The zero-order chi connectivity index (χ0) is 14.8. The van der Waals surface area contributed by atoms with Crippen molar-refractivity contribution < 1.29 is 21.9 Å². The standard InChI is InChI=1S/C13H11F2NO3S/c14-13(15)20(17,18)10-7-5-9(6-8-10)19-12-4-2-1-3-11(12)16/h1-8,13H,16H2. The maximum absolute atomic E-state index is 12.4. The number of sulfone groups is 1. The summed E-state index contributed by atoms with van der Waals surface area (Å²) in [6.07, 6.45) is 0. The number of nitrogen functional groups attached to an aromatic ring is 1. The Hall–Kier alpha value is -2.15. The summed E-state index contributed by atoms with van der Waals surface area (Å²) < 4.78 is 52.6. The van der Waals surface area contributed by atoms with Crippen LogP contribution in [-0.4, -0.2) is 14.2 Å². The Kier molecular flexibility index (Phi) is 3.89. The molecule has 106 valence electrons. The van der Waals surface area contributed by atoms with Crippen molar-refractivity contribution in [1.29, 1.82) is 0 Å². The van der Waals surface area contributed by atoms with Crippen molar-refractivity contribution in [2.24, 2.45) is 0 Å². The van der Waals surface area contributed by atoms with Crippen molar-refractivity contribution in [3.8, 4) is 11.5 Å². The van der Waals surface area contributed by atoms with E-state index in [4.69, 9.17) is 10.5 Å². The summed E-state index contributed by atoms with van der Waals surface area (Å²) in [5.74, 6) is -2.74. The lowest BCUT2D eigenvalue weighted by Crippen LogP contribution is -2.11. The second kappa shape index (κ2) is 5.46. The van der Waals surface area contributed by atoms with Gasteiger partial charge in [0.15, 0.2) is 0 Å². The minimum absolute atomic E-state index is 0.302. The Morgan fingerprint density at radius 2 is 1.60 bits per heavy atom. The summed E-state index contributed by atoms with van der Waals surface area (Å²) in [7, 11) is -4.59. The van der Waals surface area contributed by atoms with Gasteiger partial charge < -0.3 is 10.5 Å². The molecule has 0 saturated carbocycles. The van der Waals surface area contributed by atoms with Gasteiger partial charge in [-0.05, 0) is 36.4 Å². The molecule has 7 heteroatoms. The Morgan fingerprint density at radius 1 is 1.00 bits per heavy atom. The highest BCUT2D eigenvalue weighted by molar-refractivity contribution is 7.91. The first-order valence-corrected chi connectivity index (χ1v) is 7.10. The number of ether oxygens (including phenoxy) is 1. The first kappa shape index (κ1) is 14.3. The molecule has 2 aromatic carbocycles. The number of para-hydroxylation sites is 2. The maximum Gasteiger partial charge on any atom is 0.341 e. The molecule has 0 bridgehead atoms. The predicted molar refractivity (Wildman–Crippen MR) is 70.6 cm³/mol. The smallest absolute Gasteiger partial charge is 0.341 e. The second-order valence-electron chi connectivity index (χ2n) is 3.92. The van der Waals surface area contributed by atoms with Crippen molar-refractivity contribution in [3.05, 3.63) is 48.5 Å². The number of hydrogen-bond acceptors (Lipinski definition) is 4. The third kappa shape index (κ3) is 2.88. The molecule has 0 unspecified atom stereocenters. The zero-order valence-corrected chi connectivity index (χ0v) is 11.0. The zero-order valence-electron chi connectivity index (χ0n) is 10.2. The fraction of sp³-hybridized carbons (Fsp3) is 0.0769. The molecular formula is C13H11F2NO3S. The Bertz CT molecular complexity index is 700. The molecule has 20 heavy (non-hydrogen) atoms. The summed E-state index contributed by atoms with van der Waals surface area (Å²) in [6, 6.07) is 11.5. The van der Waals surface area contributed by atoms with Gasteiger partial charge in [0.25, 0.3) is 0 Å². The van der Waals surface area contributed by atoms with Gasteiger partial charge >= 0.3 is 5.76 Å². The molecule has 4 nitrogen and oxygen atoms in total. The number of hydrogen-bond donors (Lipinski definition) is 1. The van der Waals surface area contributed by atoms with Gasteiger partial charge in [0, 0.05) is 0 Å². The lowest BCUT2D eigenvalue weighted by Gasteiger charge is -2.09. The van der Waals surface area contributed by atoms with E-state index in [1.807, 2.05) is 0 Å². The normalized spacial score (nSPS) is 11.6. The lowest BCUT2D eigenvalue weighted by atomic mass is 10.3. The summed E-state index contributed by atoms with van der Waals surface area (Å²) in [5, 5.41) is 0. The molecule has 0 heterocycles. The van der Waals surface area contributed by atoms with Crippen LogP contribution in [0.5, 0.6) is 11.5 Å². The van der Waals surface area contributed by atoms with Crippen LogP contribution in [0.1, 0.15) is 0 Å². The first-order chi connectivity index (χ1) is 9.41. The van der Waals surface area contributed by atoms with Crippen LogP contribution in [0.3, 0.4) is 0 Å². The van der Waals surface area contributed by atoms with Crippen LogP contribution in [0.4, 0.5) is 14.5 Å². The molecule has 0 amide bonds. The molecule has 0 aliphatic carbocycles. The van der Waals surface area contributed by atoms with Gasteiger partial charge in [0.1, 0.15) is 11.5 Å². The first-order valence-electron chi connectivity index (χ1n) is 5.56. The van der Waals surface area contributed by atoms with E-state index in [9.17, 15) is 17.2 Å². The molecule has 0 fully saturated rings. The monoisotopic (exact) mass is 299 g/mol. The van der Waals surface area contributed by atoms with Crippen LogP contribution in [0.2, 0.25) is 0 Å². The Labute approximate surface area is 114 Å². The van der Waals surface area contributed by atoms with Gasteiger partial charge in [-0.25, -0.2) is 8.42 Å². The molecule has 0 saturated heterocycles. The van der Waals surface area contributed by atoms with Crippen molar-refractivity contribution in [3.63, 3.8) is 0 Å². The average molecular weight is 299 g/mol. The van der Waals surface area contributed by atoms with E-state index in [-0.39, 0.29) is 0 Å². The molecule has 0 aliphatic rings. The van der Waals surface area contributed by atoms with E-state index in [1.54, 1.807) is 24.3 Å². The van der Waals surface area contributed by atoms with Crippen LogP contribution in [0.15, 0.2) is 53.4 Å².